The predicted octanol–water partition coefficient (Wildman–Crippen LogP) is 5.37. The smallest absolute Gasteiger partial charge is 0.269 e. The number of aromatic amines is 1. The quantitative estimate of drug-likeness (QED) is 0.426. The molecule has 1 amide bonds. The van der Waals surface area contributed by atoms with Crippen LogP contribution < -0.4 is 9.64 Å². The number of halogens is 1. The van der Waals surface area contributed by atoms with Crippen LogP contribution in [0.25, 0.3) is 27.6 Å². The van der Waals surface area contributed by atoms with Crippen molar-refractivity contribution in [3.05, 3.63) is 83.9 Å². The molecule has 1 N–H and O–H groups in total. The lowest BCUT2D eigenvalue weighted by molar-refractivity contribution is 0.0823. The van der Waals surface area contributed by atoms with Gasteiger partial charge in [0.05, 0.1) is 12.6 Å². The molecule has 0 bridgehead atoms. The second kappa shape index (κ2) is 9.25. The molecule has 0 radical (unpaired) electrons. The number of amides is 1. The monoisotopic (exact) mass is 470 g/mol. The number of carbonyl (C=O) groups excluding carboxylic acids is 1. The molecule has 2 aromatic carbocycles. The second-order valence-electron chi connectivity index (χ2n) is 8.78. The highest BCUT2D eigenvalue weighted by Crippen LogP contribution is 2.40. The van der Waals surface area contributed by atoms with E-state index in [0.717, 1.165) is 35.5 Å². The van der Waals surface area contributed by atoms with Crippen molar-refractivity contribution < 1.29 is 13.9 Å². The van der Waals surface area contributed by atoms with Gasteiger partial charge in [0, 0.05) is 49.9 Å². The maximum absolute atomic E-state index is 16.1. The maximum Gasteiger partial charge on any atom is 0.269 e. The number of anilines is 1. The van der Waals surface area contributed by atoms with Crippen LogP contribution >= 0.6 is 0 Å². The number of pyridine rings is 1. The number of nitrogens with zero attached hydrogens (tertiary/aromatic N) is 3. The van der Waals surface area contributed by atoms with Crippen LogP contribution in [0.4, 0.5) is 10.2 Å². The molecular weight excluding hydrogens is 443 g/mol. The topological polar surface area (TPSA) is 61.5 Å². The number of rotatable bonds is 5. The molecule has 0 saturated carbocycles. The lowest BCUT2D eigenvalue weighted by Crippen LogP contribution is -2.30. The average Bonchev–Trinajstić information content (AvgIpc) is 3.35. The van der Waals surface area contributed by atoms with E-state index >= 15 is 4.39 Å². The third-order valence-electron chi connectivity index (χ3n) is 6.36. The standard InChI is InChI=1S/C28H27FN4O2/c1-32(2)28(34)23-16-22-21(19-10-4-5-11-24(19)35-3)15-20(26(29)27(22)31-23)18-9-8-14-33(17-18)25-12-6-7-13-30-25/h4-7,9-13,15-16,31H,8,14,17H2,1-3H3. The van der Waals surface area contributed by atoms with Crippen LogP contribution in [0.1, 0.15) is 22.5 Å². The van der Waals surface area contributed by atoms with Gasteiger partial charge in [-0.1, -0.05) is 30.3 Å². The molecule has 35 heavy (non-hydrogen) atoms. The van der Waals surface area contributed by atoms with Crippen LogP contribution in [0.3, 0.4) is 0 Å². The summed E-state index contributed by atoms with van der Waals surface area (Å²) < 4.78 is 21.7. The molecule has 1 aliphatic rings. The predicted molar refractivity (Wildman–Crippen MR) is 137 cm³/mol. The summed E-state index contributed by atoms with van der Waals surface area (Å²) in [5.74, 6) is 0.959. The number of para-hydroxylation sites is 1. The van der Waals surface area contributed by atoms with Crippen molar-refractivity contribution >= 4 is 28.2 Å². The first-order chi connectivity index (χ1) is 17.0. The number of hydrogen-bond acceptors (Lipinski definition) is 4. The Labute approximate surface area is 203 Å². The molecule has 0 unspecified atom stereocenters. The van der Waals surface area contributed by atoms with E-state index in [2.05, 4.69) is 20.9 Å². The molecule has 1 aliphatic heterocycles. The molecule has 178 valence electrons. The van der Waals surface area contributed by atoms with Gasteiger partial charge < -0.3 is 19.5 Å². The van der Waals surface area contributed by atoms with Gasteiger partial charge in [0.1, 0.15) is 17.3 Å². The Morgan fingerprint density at radius 1 is 1.09 bits per heavy atom. The lowest BCUT2D eigenvalue weighted by atomic mass is 9.93. The number of aromatic nitrogens is 2. The van der Waals surface area contributed by atoms with E-state index in [-0.39, 0.29) is 11.7 Å². The number of ether oxygens (including phenoxy) is 1. The third-order valence-corrected chi connectivity index (χ3v) is 6.36. The van der Waals surface area contributed by atoms with Crippen LogP contribution in [0.2, 0.25) is 0 Å². The van der Waals surface area contributed by atoms with E-state index in [1.807, 2.05) is 48.5 Å². The fourth-order valence-electron chi connectivity index (χ4n) is 4.62. The number of carbonyl (C=O) groups is 1. The summed E-state index contributed by atoms with van der Waals surface area (Å²) in [6, 6.07) is 17.1. The Morgan fingerprint density at radius 3 is 2.63 bits per heavy atom. The Balaban J connectivity index is 1.69. The van der Waals surface area contributed by atoms with Crippen molar-refractivity contribution in [2.45, 2.75) is 6.42 Å². The van der Waals surface area contributed by atoms with Crippen LogP contribution in [0.15, 0.2) is 66.9 Å². The van der Waals surface area contributed by atoms with E-state index in [0.29, 0.717) is 34.5 Å². The summed E-state index contributed by atoms with van der Waals surface area (Å²) in [6.07, 6.45) is 4.63. The summed E-state index contributed by atoms with van der Waals surface area (Å²) in [4.78, 5) is 23.9. The van der Waals surface area contributed by atoms with Gasteiger partial charge in [-0.25, -0.2) is 9.37 Å². The minimum absolute atomic E-state index is 0.216. The van der Waals surface area contributed by atoms with Gasteiger partial charge in [-0.05, 0) is 47.9 Å². The molecule has 0 saturated heterocycles. The number of methoxy groups -OCH3 is 1. The highest BCUT2D eigenvalue weighted by molar-refractivity contribution is 6.05. The van der Waals surface area contributed by atoms with Gasteiger partial charge in [-0.3, -0.25) is 4.79 Å². The molecule has 5 rings (SSSR count). The number of nitrogens with one attached hydrogen (secondary N) is 1. The van der Waals surface area contributed by atoms with Gasteiger partial charge in [0.15, 0.2) is 5.82 Å². The Morgan fingerprint density at radius 2 is 1.89 bits per heavy atom. The van der Waals surface area contributed by atoms with Crippen LogP contribution in [-0.4, -0.2) is 55.1 Å². The molecule has 0 fully saturated rings. The molecule has 3 heterocycles. The minimum Gasteiger partial charge on any atom is -0.496 e. The molecule has 6 nitrogen and oxygen atoms in total. The Kier molecular flexibility index (Phi) is 5.99. The zero-order valence-electron chi connectivity index (χ0n) is 20.0. The van der Waals surface area contributed by atoms with Crippen molar-refractivity contribution in [2.75, 3.05) is 39.2 Å². The average molecular weight is 471 g/mol. The summed E-state index contributed by atoms with van der Waals surface area (Å²) in [6.45, 7) is 1.35. The molecule has 7 heteroatoms. The summed E-state index contributed by atoms with van der Waals surface area (Å²) in [7, 11) is 4.97. The SMILES string of the molecule is COc1ccccc1-c1cc(C2=CCCN(c3ccccn3)C2)c(F)c2[nH]c(C(=O)N(C)C)cc12. The van der Waals surface area contributed by atoms with Gasteiger partial charge in [-0.15, -0.1) is 0 Å². The molecular formula is C28H27FN4O2. The van der Waals surface area contributed by atoms with Crippen molar-refractivity contribution in [3.8, 4) is 16.9 Å². The highest BCUT2D eigenvalue weighted by atomic mass is 19.1. The highest BCUT2D eigenvalue weighted by Gasteiger charge is 2.24. The zero-order chi connectivity index (χ0) is 24.5. The van der Waals surface area contributed by atoms with E-state index < -0.39 is 0 Å². The van der Waals surface area contributed by atoms with Gasteiger partial charge in [0.25, 0.3) is 5.91 Å². The molecule has 4 aromatic rings. The first-order valence-corrected chi connectivity index (χ1v) is 11.5. The molecule has 0 aliphatic carbocycles. The van der Waals surface area contributed by atoms with E-state index in [9.17, 15) is 4.79 Å². The first-order valence-electron chi connectivity index (χ1n) is 11.5. The minimum atomic E-state index is -0.370. The number of hydrogen-bond donors (Lipinski definition) is 1. The Bertz CT molecular complexity index is 1430. The van der Waals surface area contributed by atoms with Crippen molar-refractivity contribution in [1.29, 1.82) is 0 Å². The van der Waals surface area contributed by atoms with E-state index in [4.69, 9.17) is 4.74 Å². The number of benzene rings is 2. The van der Waals surface area contributed by atoms with E-state index in [1.165, 1.54) is 4.90 Å². The fraction of sp³-hybridized carbons (Fsp3) is 0.214. The van der Waals surface area contributed by atoms with Gasteiger partial charge >= 0.3 is 0 Å². The van der Waals surface area contributed by atoms with Crippen LogP contribution in [0.5, 0.6) is 5.75 Å². The lowest BCUT2D eigenvalue weighted by Gasteiger charge is -2.29. The zero-order valence-corrected chi connectivity index (χ0v) is 20.0. The largest absolute Gasteiger partial charge is 0.496 e. The second-order valence-corrected chi connectivity index (χ2v) is 8.78. The molecule has 0 atom stereocenters. The Hall–Kier alpha value is -4.13. The molecule has 2 aromatic heterocycles. The fourth-order valence-corrected chi connectivity index (χ4v) is 4.62. The van der Waals surface area contributed by atoms with Crippen molar-refractivity contribution in [1.82, 2.24) is 14.9 Å². The van der Waals surface area contributed by atoms with Crippen LogP contribution in [0, 0.1) is 5.82 Å². The summed E-state index contributed by atoms with van der Waals surface area (Å²) in [5, 5.41) is 0.638. The maximum atomic E-state index is 16.1. The van der Waals surface area contributed by atoms with Crippen LogP contribution in [-0.2, 0) is 0 Å². The number of H-pyrrole nitrogens is 1. The first kappa shape index (κ1) is 22.7. The summed E-state index contributed by atoms with van der Waals surface area (Å²) in [5.41, 5.74) is 3.67. The normalized spacial score (nSPS) is 13.6. The van der Waals surface area contributed by atoms with Crippen molar-refractivity contribution in [3.63, 3.8) is 0 Å². The van der Waals surface area contributed by atoms with Crippen molar-refractivity contribution in [2.24, 2.45) is 0 Å². The van der Waals surface area contributed by atoms with Gasteiger partial charge in [-0.2, -0.15) is 0 Å². The van der Waals surface area contributed by atoms with E-state index in [1.54, 1.807) is 33.5 Å². The summed E-state index contributed by atoms with van der Waals surface area (Å²) >= 11 is 0. The molecule has 0 spiro atoms. The third kappa shape index (κ3) is 4.14. The van der Waals surface area contributed by atoms with Gasteiger partial charge in [0.2, 0.25) is 0 Å². The number of fused-ring (bicyclic) bond motifs is 1.